The summed E-state index contributed by atoms with van der Waals surface area (Å²) in [5.74, 6) is -5.41. The maximum atomic E-state index is 14.0. The van der Waals surface area contributed by atoms with Crippen LogP contribution < -0.4 is 9.47 Å². The van der Waals surface area contributed by atoms with Gasteiger partial charge in [0.25, 0.3) is 0 Å². The van der Waals surface area contributed by atoms with E-state index in [9.17, 15) is 30.0 Å². The second-order valence-electron chi connectivity index (χ2n) is 11.0. The summed E-state index contributed by atoms with van der Waals surface area (Å²) in [6, 6.07) is 27.4. The van der Waals surface area contributed by atoms with E-state index in [0.717, 1.165) is 6.07 Å². The summed E-state index contributed by atoms with van der Waals surface area (Å²) in [5, 5.41) is 46.6. The highest BCUT2D eigenvalue weighted by molar-refractivity contribution is 6.12. The Bertz CT molecular complexity index is 1940. The van der Waals surface area contributed by atoms with Gasteiger partial charge in [-0.3, -0.25) is 0 Å². The molecule has 0 amide bonds. The fourth-order valence-corrected chi connectivity index (χ4v) is 5.51. The molecule has 1 aliphatic heterocycles. The summed E-state index contributed by atoms with van der Waals surface area (Å²) in [5.41, 5.74) is 0.173. The maximum Gasteiger partial charge on any atom is 0.339 e. The third-order valence-corrected chi connectivity index (χ3v) is 7.83. The number of ether oxygens (including phenoxy) is 4. The van der Waals surface area contributed by atoms with Crippen LogP contribution in [0.25, 0.3) is 22.3 Å². The van der Waals surface area contributed by atoms with Gasteiger partial charge in [0.15, 0.2) is 23.0 Å². The molecule has 0 radical (unpaired) electrons. The molecule has 0 spiro atoms. The van der Waals surface area contributed by atoms with E-state index in [1.54, 1.807) is 78.9 Å². The minimum Gasteiger partial charge on any atom is -0.504 e. The van der Waals surface area contributed by atoms with Crippen molar-refractivity contribution in [2.24, 2.45) is 0 Å². The lowest BCUT2D eigenvalue weighted by molar-refractivity contribution is 0.0430. The molecule has 0 saturated carbocycles. The molecule has 6 rings (SSSR count). The first-order chi connectivity index (χ1) is 23.3. The number of hydrogen-bond acceptors (Lipinski definition) is 10. The predicted molar refractivity (Wildman–Crippen MR) is 175 cm³/mol. The topological polar surface area (TPSA) is 152 Å². The van der Waals surface area contributed by atoms with Gasteiger partial charge in [-0.25, -0.2) is 9.59 Å². The molecule has 244 valence electrons. The number of fused-ring (bicyclic) bond motifs is 3. The molecule has 1 aliphatic rings. The van der Waals surface area contributed by atoms with Crippen molar-refractivity contribution in [3.63, 3.8) is 0 Å². The van der Waals surface area contributed by atoms with Crippen molar-refractivity contribution in [3.05, 3.63) is 119 Å². The summed E-state index contributed by atoms with van der Waals surface area (Å²) in [4.78, 5) is 27.6. The van der Waals surface area contributed by atoms with Crippen LogP contribution in [0.2, 0.25) is 0 Å². The standard InChI is InChI=1S/C38H32O10/c39-27-20-26-29(33(41)35(27)47-21-23-12-4-1-5-13-23)30-31(38(44)46-19-11-10-18-45-37(26)43)28(25-16-8-3-9-17-25)32(40)36(34(30)42)48-22-24-14-6-2-7-15-24/h1-9,12-17,20,39-42H,10-11,18-19,21-22H2. The van der Waals surface area contributed by atoms with Crippen LogP contribution in [0.3, 0.4) is 0 Å². The second-order valence-corrected chi connectivity index (χ2v) is 11.0. The molecule has 0 aliphatic carbocycles. The van der Waals surface area contributed by atoms with Gasteiger partial charge in [0.2, 0.25) is 11.5 Å². The Morgan fingerprint density at radius 2 is 1.02 bits per heavy atom. The van der Waals surface area contributed by atoms with Crippen molar-refractivity contribution in [2.75, 3.05) is 13.2 Å². The first-order valence-electron chi connectivity index (χ1n) is 15.3. The van der Waals surface area contributed by atoms with E-state index in [4.69, 9.17) is 18.9 Å². The van der Waals surface area contributed by atoms with Crippen molar-refractivity contribution in [1.29, 1.82) is 0 Å². The molecular formula is C38H32O10. The van der Waals surface area contributed by atoms with Crippen molar-refractivity contribution in [3.8, 4) is 56.8 Å². The monoisotopic (exact) mass is 648 g/mol. The molecule has 5 aromatic carbocycles. The minimum absolute atomic E-state index is 0.0429. The van der Waals surface area contributed by atoms with Crippen LogP contribution in [0.4, 0.5) is 0 Å². The molecule has 10 nitrogen and oxygen atoms in total. The molecule has 0 aromatic heterocycles. The lowest BCUT2D eigenvalue weighted by Gasteiger charge is -2.24. The zero-order valence-corrected chi connectivity index (χ0v) is 25.7. The summed E-state index contributed by atoms with van der Waals surface area (Å²) < 4.78 is 22.9. The quantitative estimate of drug-likeness (QED) is 0.134. The Morgan fingerprint density at radius 1 is 0.542 bits per heavy atom. The van der Waals surface area contributed by atoms with Gasteiger partial charge in [-0.15, -0.1) is 0 Å². The number of rotatable bonds is 7. The number of phenolic OH excluding ortho intramolecular Hbond substituents is 4. The Hall–Kier alpha value is -6.16. The highest BCUT2D eigenvalue weighted by Gasteiger charge is 2.36. The van der Waals surface area contributed by atoms with Crippen molar-refractivity contribution < 1.29 is 49.0 Å². The second kappa shape index (κ2) is 14.1. The number of benzene rings is 5. The molecular weight excluding hydrogens is 616 g/mol. The van der Waals surface area contributed by atoms with Crippen LogP contribution in [0.5, 0.6) is 34.5 Å². The molecule has 0 bridgehead atoms. The number of esters is 2. The van der Waals surface area contributed by atoms with Crippen LogP contribution in [0.15, 0.2) is 97.1 Å². The molecule has 0 unspecified atom stereocenters. The van der Waals surface area contributed by atoms with E-state index in [-0.39, 0.29) is 43.1 Å². The average Bonchev–Trinajstić information content (AvgIpc) is 3.10. The van der Waals surface area contributed by atoms with E-state index in [0.29, 0.717) is 29.5 Å². The van der Waals surface area contributed by atoms with Gasteiger partial charge in [-0.05, 0) is 35.6 Å². The Balaban J connectivity index is 1.66. The molecule has 4 N–H and O–H groups in total. The smallest absolute Gasteiger partial charge is 0.339 e. The number of phenols is 4. The highest BCUT2D eigenvalue weighted by Crippen LogP contribution is 2.57. The summed E-state index contributed by atoms with van der Waals surface area (Å²) in [6.07, 6.45) is 0.701. The van der Waals surface area contributed by atoms with E-state index in [1.807, 2.05) is 12.1 Å². The first-order valence-corrected chi connectivity index (χ1v) is 15.3. The van der Waals surface area contributed by atoms with Gasteiger partial charge in [-0.1, -0.05) is 91.0 Å². The van der Waals surface area contributed by atoms with Crippen LogP contribution in [-0.4, -0.2) is 45.6 Å². The molecule has 0 saturated heterocycles. The zero-order chi connectivity index (χ0) is 33.6. The third-order valence-electron chi connectivity index (χ3n) is 7.83. The maximum absolute atomic E-state index is 14.0. The number of hydrogen-bond donors (Lipinski definition) is 4. The fourth-order valence-electron chi connectivity index (χ4n) is 5.51. The van der Waals surface area contributed by atoms with Crippen molar-refractivity contribution in [1.82, 2.24) is 0 Å². The van der Waals surface area contributed by atoms with Crippen LogP contribution in [-0.2, 0) is 22.7 Å². The fraction of sp³-hybridized carbons (Fsp3) is 0.158. The minimum atomic E-state index is -0.941. The van der Waals surface area contributed by atoms with Gasteiger partial charge >= 0.3 is 11.9 Å². The van der Waals surface area contributed by atoms with Crippen molar-refractivity contribution in [2.45, 2.75) is 26.1 Å². The Morgan fingerprint density at radius 3 is 1.60 bits per heavy atom. The summed E-state index contributed by atoms with van der Waals surface area (Å²) in [7, 11) is 0. The van der Waals surface area contributed by atoms with Crippen LogP contribution in [0.1, 0.15) is 44.7 Å². The number of cyclic esters (lactones) is 2. The number of carbonyl (C=O) groups excluding carboxylic acids is 2. The predicted octanol–water partition coefficient (Wildman–Crippen LogP) is 7.11. The lowest BCUT2D eigenvalue weighted by atomic mass is 9.86. The molecule has 0 atom stereocenters. The van der Waals surface area contributed by atoms with E-state index >= 15 is 0 Å². The van der Waals surface area contributed by atoms with E-state index in [1.165, 1.54) is 0 Å². The Kier molecular flexibility index (Phi) is 9.33. The van der Waals surface area contributed by atoms with E-state index in [2.05, 4.69) is 0 Å². The normalized spacial score (nSPS) is 13.2. The third kappa shape index (κ3) is 6.41. The molecule has 10 heteroatoms. The first kappa shape index (κ1) is 31.8. The molecule has 1 heterocycles. The number of carbonyl (C=O) groups is 2. The molecule has 0 fully saturated rings. The Labute approximate surface area is 276 Å². The van der Waals surface area contributed by atoms with Gasteiger partial charge in [-0.2, -0.15) is 0 Å². The van der Waals surface area contributed by atoms with Gasteiger partial charge in [0.05, 0.1) is 24.3 Å². The molecule has 48 heavy (non-hydrogen) atoms. The highest BCUT2D eigenvalue weighted by atomic mass is 16.5. The van der Waals surface area contributed by atoms with Gasteiger partial charge in [0.1, 0.15) is 13.2 Å². The average molecular weight is 649 g/mol. The van der Waals surface area contributed by atoms with E-state index < -0.39 is 57.6 Å². The largest absolute Gasteiger partial charge is 0.504 e. The lowest BCUT2D eigenvalue weighted by Crippen LogP contribution is -2.15. The number of aromatic hydroxyl groups is 4. The zero-order valence-electron chi connectivity index (χ0n) is 25.7. The van der Waals surface area contributed by atoms with Crippen LogP contribution in [0, 0.1) is 0 Å². The molecule has 5 aromatic rings. The van der Waals surface area contributed by atoms with Gasteiger partial charge in [0, 0.05) is 16.7 Å². The van der Waals surface area contributed by atoms with Crippen molar-refractivity contribution >= 4 is 11.9 Å². The van der Waals surface area contributed by atoms with Gasteiger partial charge < -0.3 is 39.4 Å². The summed E-state index contributed by atoms with van der Waals surface area (Å²) in [6.45, 7) is -0.278. The summed E-state index contributed by atoms with van der Waals surface area (Å²) >= 11 is 0. The SMILES string of the molecule is O=C1OCCCCOC(=O)c2c(-c3ccccc3)c(O)c(OCc3ccccc3)c(O)c2-c2c1cc(O)c(OCc1ccccc1)c2O. The van der Waals surface area contributed by atoms with Crippen LogP contribution >= 0.6 is 0 Å².